The molecule has 1 heterocycles. The lowest BCUT2D eigenvalue weighted by molar-refractivity contribution is -0.124. The minimum Gasteiger partial charge on any atom is -0.482 e. The van der Waals surface area contributed by atoms with E-state index in [1.807, 2.05) is 0 Å². The fraction of sp³-hybridized carbons (Fsp3) is 0.500. The topological polar surface area (TPSA) is 41.6 Å². The monoisotopic (exact) mass is 316 g/mol. The second-order valence-electron chi connectivity index (χ2n) is 5.01. The SMILES string of the molecule is CN1CCC(NC(=O)COc2cc(Cl)ccc2Cl)CC1. The largest absolute Gasteiger partial charge is 0.482 e. The molecule has 1 aliphatic rings. The van der Waals surface area contributed by atoms with Crippen molar-refractivity contribution in [2.24, 2.45) is 0 Å². The Labute approximate surface area is 129 Å². The number of likely N-dealkylation sites (tertiary alicyclic amines) is 1. The van der Waals surface area contributed by atoms with Crippen molar-refractivity contribution in [3.63, 3.8) is 0 Å². The number of carbonyl (C=O) groups excluding carboxylic acids is 1. The molecule has 0 aromatic heterocycles. The summed E-state index contributed by atoms with van der Waals surface area (Å²) in [6.45, 7) is 1.96. The van der Waals surface area contributed by atoms with Crippen LogP contribution < -0.4 is 10.1 Å². The van der Waals surface area contributed by atoms with Crippen LogP contribution in [0.1, 0.15) is 12.8 Å². The highest BCUT2D eigenvalue weighted by atomic mass is 35.5. The average molecular weight is 317 g/mol. The van der Waals surface area contributed by atoms with Crippen molar-refractivity contribution in [3.05, 3.63) is 28.2 Å². The summed E-state index contributed by atoms with van der Waals surface area (Å²) in [5.74, 6) is 0.299. The number of carbonyl (C=O) groups is 1. The van der Waals surface area contributed by atoms with Gasteiger partial charge >= 0.3 is 0 Å². The molecule has 0 aliphatic carbocycles. The molecule has 1 N–H and O–H groups in total. The normalized spacial score (nSPS) is 16.9. The van der Waals surface area contributed by atoms with E-state index in [2.05, 4.69) is 17.3 Å². The van der Waals surface area contributed by atoms with Crippen LogP contribution in [0.4, 0.5) is 0 Å². The lowest BCUT2D eigenvalue weighted by Gasteiger charge is -2.29. The van der Waals surface area contributed by atoms with Gasteiger partial charge < -0.3 is 15.0 Å². The summed E-state index contributed by atoms with van der Waals surface area (Å²) in [5, 5.41) is 3.95. The minimum absolute atomic E-state index is 0.0492. The standard InChI is InChI=1S/C14H18Cl2N2O2/c1-18-6-4-11(5-7-18)17-14(19)9-20-13-8-10(15)2-3-12(13)16/h2-3,8,11H,4-7,9H2,1H3,(H,17,19). The Morgan fingerprint density at radius 2 is 2.10 bits per heavy atom. The summed E-state index contributed by atoms with van der Waals surface area (Å²) in [5.41, 5.74) is 0. The van der Waals surface area contributed by atoms with Crippen LogP contribution in [-0.4, -0.2) is 43.6 Å². The van der Waals surface area contributed by atoms with Gasteiger partial charge in [0.05, 0.1) is 5.02 Å². The fourth-order valence-electron chi connectivity index (χ4n) is 2.15. The smallest absolute Gasteiger partial charge is 0.258 e. The second kappa shape index (κ2) is 7.16. The number of amides is 1. The van der Waals surface area contributed by atoms with E-state index < -0.39 is 0 Å². The zero-order valence-electron chi connectivity index (χ0n) is 11.4. The maximum Gasteiger partial charge on any atom is 0.258 e. The summed E-state index contributed by atoms with van der Waals surface area (Å²) in [7, 11) is 2.09. The van der Waals surface area contributed by atoms with E-state index >= 15 is 0 Å². The molecular formula is C14H18Cl2N2O2. The maximum atomic E-state index is 11.8. The first-order chi connectivity index (χ1) is 9.54. The third kappa shape index (κ3) is 4.54. The number of piperidine rings is 1. The molecule has 1 saturated heterocycles. The average Bonchev–Trinajstić information content (AvgIpc) is 2.42. The summed E-state index contributed by atoms with van der Waals surface area (Å²) >= 11 is 11.8. The van der Waals surface area contributed by atoms with Gasteiger partial charge in [-0.15, -0.1) is 0 Å². The highest BCUT2D eigenvalue weighted by molar-refractivity contribution is 6.34. The van der Waals surface area contributed by atoms with Gasteiger partial charge in [0.1, 0.15) is 5.75 Å². The van der Waals surface area contributed by atoms with Gasteiger partial charge in [0.25, 0.3) is 5.91 Å². The molecule has 0 saturated carbocycles. The van der Waals surface area contributed by atoms with Crippen molar-refractivity contribution in [2.75, 3.05) is 26.7 Å². The van der Waals surface area contributed by atoms with Gasteiger partial charge in [-0.1, -0.05) is 23.2 Å². The Morgan fingerprint density at radius 1 is 1.40 bits per heavy atom. The van der Waals surface area contributed by atoms with Crippen molar-refractivity contribution in [3.8, 4) is 5.75 Å². The van der Waals surface area contributed by atoms with Crippen LogP contribution in [0.15, 0.2) is 18.2 Å². The molecule has 2 rings (SSSR count). The highest BCUT2D eigenvalue weighted by Crippen LogP contribution is 2.27. The van der Waals surface area contributed by atoms with Gasteiger partial charge in [-0.3, -0.25) is 4.79 Å². The quantitative estimate of drug-likeness (QED) is 0.928. The van der Waals surface area contributed by atoms with E-state index in [1.165, 1.54) is 0 Å². The number of ether oxygens (including phenoxy) is 1. The third-order valence-corrected chi connectivity index (χ3v) is 3.88. The Hall–Kier alpha value is -0.970. The number of nitrogens with zero attached hydrogens (tertiary/aromatic N) is 1. The van der Waals surface area contributed by atoms with Crippen molar-refractivity contribution in [1.82, 2.24) is 10.2 Å². The Balaban J connectivity index is 1.79. The van der Waals surface area contributed by atoms with Crippen molar-refractivity contribution in [1.29, 1.82) is 0 Å². The van der Waals surface area contributed by atoms with E-state index in [4.69, 9.17) is 27.9 Å². The molecule has 0 atom stereocenters. The fourth-order valence-corrected chi connectivity index (χ4v) is 2.49. The first-order valence-electron chi connectivity index (χ1n) is 6.60. The lowest BCUT2D eigenvalue weighted by atomic mass is 10.1. The number of rotatable bonds is 4. The van der Waals surface area contributed by atoms with Crippen LogP contribution in [0.3, 0.4) is 0 Å². The third-order valence-electron chi connectivity index (χ3n) is 3.34. The Bertz CT molecular complexity index is 474. The molecule has 1 aromatic rings. The maximum absolute atomic E-state index is 11.8. The van der Waals surface area contributed by atoms with E-state index in [-0.39, 0.29) is 18.6 Å². The van der Waals surface area contributed by atoms with Gasteiger partial charge in [0.15, 0.2) is 6.61 Å². The summed E-state index contributed by atoms with van der Waals surface area (Å²) in [6.07, 6.45) is 1.94. The minimum atomic E-state index is -0.129. The molecular weight excluding hydrogens is 299 g/mol. The molecule has 0 radical (unpaired) electrons. The summed E-state index contributed by atoms with van der Waals surface area (Å²) in [4.78, 5) is 14.1. The van der Waals surface area contributed by atoms with E-state index in [0.29, 0.717) is 15.8 Å². The van der Waals surface area contributed by atoms with Crippen molar-refractivity contribution < 1.29 is 9.53 Å². The first-order valence-corrected chi connectivity index (χ1v) is 7.36. The number of hydrogen-bond acceptors (Lipinski definition) is 3. The molecule has 1 aromatic carbocycles. The van der Waals surface area contributed by atoms with Crippen LogP contribution in [0.25, 0.3) is 0 Å². The molecule has 1 aliphatic heterocycles. The van der Waals surface area contributed by atoms with Gasteiger partial charge in [0.2, 0.25) is 0 Å². The summed E-state index contributed by atoms with van der Waals surface area (Å²) in [6, 6.07) is 5.16. The predicted molar refractivity (Wildman–Crippen MR) is 80.6 cm³/mol. The number of halogens is 2. The highest BCUT2D eigenvalue weighted by Gasteiger charge is 2.18. The first kappa shape index (κ1) is 15.4. The van der Waals surface area contributed by atoms with Crippen LogP contribution in [0, 0.1) is 0 Å². The number of hydrogen-bond donors (Lipinski definition) is 1. The van der Waals surface area contributed by atoms with Crippen LogP contribution in [0.2, 0.25) is 10.0 Å². The Kier molecular flexibility index (Phi) is 5.52. The molecule has 1 amide bonds. The van der Waals surface area contributed by atoms with Crippen molar-refractivity contribution in [2.45, 2.75) is 18.9 Å². The molecule has 20 heavy (non-hydrogen) atoms. The van der Waals surface area contributed by atoms with Crippen LogP contribution in [-0.2, 0) is 4.79 Å². The number of benzene rings is 1. The number of nitrogens with one attached hydrogen (secondary N) is 1. The predicted octanol–water partition coefficient (Wildman–Crippen LogP) is 2.58. The lowest BCUT2D eigenvalue weighted by Crippen LogP contribution is -2.44. The summed E-state index contributed by atoms with van der Waals surface area (Å²) < 4.78 is 5.40. The molecule has 0 spiro atoms. The zero-order chi connectivity index (χ0) is 14.5. The van der Waals surface area contributed by atoms with Gasteiger partial charge in [-0.05, 0) is 45.1 Å². The van der Waals surface area contributed by atoms with Gasteiger partial charge in [-0.2, -0.15) is 0 Å². The molecule has 1 fully saturated rings. The molecule has 110 valence electrons. The molecule has 4 nitrogen and oxygen atoms in total. The van der Waals surface area contributed by atoms with E-state index in [1.54, 1.807) is 18.2 Å². The van der Waals surface area contributed by atoms with Crippen LogP contribution in [0.5, 0.6) is 5.75 Å². The molecule has 0 unspecified atom stereocenters. The van der Waals surface area contributed by atoms with E-state index in [9.17, 15) is 4.79 Å². The molecule has 0 bridgehead atoms. The van der Waals surface area contributed by atoms with Gasteiger partial charge in [0, 0.05) is 17.1 Å². The Morgan fingerprint density at radius 3 is 2.80 bits per heavy atom. The van der Waals surface area contributed by atoms with E-state index in [0.717, 1.165) is 25.9 Å². The van der Waals surface area contributed by atoms with Crippen molar-refractivity contribution >= 4 is 29.1 Å². The molecule has 6 heteroatoms. The second-order valence-corrected chi connectivity index (χ2v) is 5.85. The zero-order valence-corrected chi connectivity index (χ0v) is 12.9. The van der Waals surface area contributed by atoms with Gasteiger partial charge in [-0.25, -0.2) is 0 Å². The van der Waals surface area contributed by atoms with Crippen LogP contribution >= 0.6 is 23.2 Å².